The van der Waals surface area contributed by atoms with Gasteiger partial charge in [0, 0.05) is 24.3 Å². The minimum Gasteiger partial charge on any atom is -0.399 e. The number of carbonyl (C=O) groups is 1. The van der Waals surface area contributed by atoms with E-state index >= 15 is 0 Å². The zero-order valence-electron chi connectivity index (χ0n) is 11.6. The number of hydrogen-bond donors (Lipinski definition) is 1. The van der Waals surface area contributed by atoms with Crippen molar-refractivity contribution in [3.05, 3.63) is 64.4 Å². The van der Waals surface area contributed by atoms with Gasteiger partial charge in [0.25, 0.3) is 0 Å². The number of carbonyl (C=O) groups excluding carboxylic acids is 1. The van der Waals surface area contributed by atoms with Crippen molar-refractivity contribution in [1.82, 2.24) is 4.90 Å². The van der Waals surface area contributed by atoms with Gasteiger partial charge in [-0.1, -0.05) is 23.7 Å². The maximum Gasteiger partial charge on any atom is 0.227 e. The Morgan fingerprint density at radius 1 is 1.24 bits per heavy atom. The van der Waals surface area contributed by atoms with Crippen molar-refractivity contribution in [2.75, 3.05) is 12.8 Å². The van der Waals surface area contributed by atoms with Gasteiger partial charge in [-0.3, -0.25) is 4.79 Å². The lowest BCUT2D eigenvalue weighted by Crippen LogP contribution is -2.27. The molecule has 0 saturated heterocycles. The first-order valence-corrected chi connectivity index (χ1v) is 6.86. The van der Waals surface area contributed by atoms with E-state index in [2.05, 4.69) is 0 Å². The molecule has 1 amide bonds. The fourth-order valence-electron chi connectivity index (χ4n) is 1.97. The summed E-state index contributed by atoms with van der Waals surface area (Å²) in [4.78, 5) is 13.7. The topological polar surface area (TPSA) is 46.3 Å². The zero-order valence-corrected chi connectivity index (χ0v) is 12.4. The molecule has 0 saturated carbocycles. The Bertz CT molecular complexity index is 643. The van der Waals surface area contributed by atoms with Gasteiger partial charge in [-0.2, -0.15) is 0 Å². The highest BCUT2D eigenvalue weighted by molar-refractivity contribution is 6.31. The summed E-state index contributed by atoms with van der Waals surface area (Å²) in [5.74, 6) is -0.383. The number of benzene rings is 2. The first-order chi connectivity index (χ1) is 9.95. The molecule has 5 heteroatoms. The molecule has 2 rings (SSSR count). The second kappa shape index (κ2) is 6.59. The van der Waals surface area contributed by atoms with Crippen LogP contribution in [0.5, 0.6) is 0 Å². The van der Waals surface area contributed by atoms with E-state index in [0.29, 0.717) is 17.3 Å². The number of rotatable bonds is 4. The van der Waals surface area contributed by atoms with E-state index < -0.39 is 0 Å². The fourth-order valence-corrected chi connectivity index (χ4v) is 2.15. The van der Waals surface area contributed by atoms with Crippen LogP contribution >= 0.6 is 11.6 Å². The van der Waals surface area contributed by atoms with Gasteiger partial charge in [0.05, 0.1) is 6.42 Å². The summed E-state index contributed by atoms with van der Waals surface area (Å²) in [7, 11) is 1.70. The average Bonchev–Trinajstić information content (AvgIpc) is 2.45. The molecule has 0 heterocycles. The van der Waals surface area contributed by atoms with Crippen molar-refractivity contribution in [2.45, 2.75) is 13.0 Å². The average molecular weight is 307 g/mol. The summed E-state index contributed by atoms with van der Waals surface area (Å²) in [5.41, 5.74) is 7.89. The van der Waals surface area contributed by atoms with Crippen molar-refractivity contribution in [3.63, 3.8) is 0 Å². The molecule has 0 aliphatic carbocycles. The Balaban J connectivity index is 2.02. The molecule has 2 aromatic rings. The van der Waals surface area contributed by atoms with E-state index in [4.69, 9.17) is 17.3 Å². The lowest BCUT2D eigenvalue weighted by molar-refractivity contribution is -0.129. The number of amides is 1. The standard InChI is InChI=1S/C16H16ClFN2O/c1-20(10-12-9-14(19)6-7-15(12)17)16(21)8-11-2-4-13(18)5-3-11/h2-7,9H,8,10,19H2,1H3. The number of nitrogens with two attached hydrogens (primary N) is 1. The van der Waals surface area contributed by atoms with Crippen LogP contribution in [0, 0.1) is 5.82 Å². The summed E-state index contributed by atoms with van der Waals surface area (Å²) >= 11 is 6.09. The van der Waals surface area contributed by atoms with Crippen molar-refractivity contribution >= 4 is 23.2 Å². The van der Waals surface area contributed by atoms with Crippen LogP contribution < -0.4 is 5.73 Å². The van der Waals surface area contributed by atoms with E-state index in [1.807, 2.05) is 0 Å². The van der Waals surface area contributed by atoms with E-state index in [9.17, 15) is 9.18 Å². The summed E-state index contributed by atoms with van der Waals surface area (Å²) in [5, 5.41) is 0.575. The fraction of sp³-hybridized carbons (Fsp3) is 0.188. The van der Waals surface area contributed by atoms with Crippen LogP contribution in [0.2, 0.25) is 5.02 Å². The minimum atomic E-state index is -0.314. The van der Waals surface area contributed by atoms with Gasteiger partial charge in [-0.15, -0.1) is 0 Å². The molecule has 2 aromatic carbocycles. The Hall–Kier alpha value is -2.07. The third-order valence-electron chi connectivity index (χ3n) is 3.17. The molecule has 0 spiro atoms. The molecule has 0 atom stereocenters. The van der Waals surface area contributed by atoms with Crippen LogP contribution in [0.15, 0.2) is 42.5 Å². The molecule has 0 unspecified atom stereocenters. The van der Waals surface area contributed by atoms with Gasteiger partial charge < -0.3 is 10.6 Å². The first-order valence-electron chi connectivity index (χ1n) is 6.48. The minimum absolute atomic E-state index is 0.0694. The Kier molecular flexibility index (Phi) is 4.81. The van der Waals surface area contributed by atoms with Gasteiger partial charge in [0.2, 0.25) is 5.91 Å². The molecule has 0 fully saturated rings. The maximum absolute atomic E-state index is 12.8. The second-order valence-corrected chi connectivity index (χ2v) is 5.31. The quantitative estimate of drug-likeness (QED) is 0.881. The van der Waals surface area contributed by atoms with Crippen molar-refractivity contribution in [3.8, 4) is 0 Å². The Morgan fingerprint density at radius 3 is 2.57 bits per heavy atom. The summed E-state index contributed by atoms with van der Waals surface area (Å²) in [6.45, 7) is 0.379. The molecular formula is C16H16ClFN2O. The smallest absolute Gasteiger partial charge is 0.227 e. The van der Waals surface area contributed by atoms with E-state index in [-0.39, 0.29) is 18.1 Å². The van der Waals surface area contributed by atoms with Crippen LogP contribution in [0.3, 0.4) is 0 Å². The molecule has 2 N–H and O–H groups in total. The summed E-state index contributed by atoms with van der Waals surface area (Å²) in [6.07, 6.45) is 0.219. The Labute approximate surface area is 128 Å². The second-order valence-electron chi connectivity index (χ2n) is 4.90. The SMILES string of the molecule is CN(Cc1cc(N)ccc1Cl)C(=O)Cc1ccc(F)cc1. The lowest BCUT2D eigenvalue weighted by atomic mass is 10.1. The van der Waals surface area contributed by atoms with E-state index in [0.717, 1.165) is 11.1 Å². The van der Waals surface area contributed by atoms with E-state index in [1.165, 1.54) is 12.1 Å². The first kappa shape index (κ1) is 15.3. The molecule has 110 valence electrons. The number of nitrogen functional groups attached to an aromatic ring is 1. The number of hydrogen-bond acceptors (Lipinski definition) is 2. The molecule has 0 aliphatic rings. The number of halogens is 2. The van der Waals surface area contributed by atoms with Crippen molar-refractivity contribution in [2.24, 2.45) is 0 Å². The summed E-state index contributed by atoms with van der Waals surface area (Å²) in [6, 6.07) is 11.1. The van der Waals surface area contributed by atoms with Crippen LogP contribution in [0.25, 0.3) is 0 Å². The van der Waals surface area contributed by atoms with Gasteiger partial charge in [0.1, 0.15) is 5.82 Å². The zero-order chi connectivity index (χ0) is 15.4. The molecule has 21 heavy (non-hydrogen) atoms. The highest BCUT2D eigenvalue weighted by atomic mass is 35.5. The molecule has 0 radical (unpaired) electrons. The number of anilines is 1. The summed E-state index contributed by atoms with van der Waals surface area (Å²) < 4.78 is 12.8. The van der Waals surface area contributed by atoms with Gasteiger partial charge in [-0.25, -0.2) is 4.39 Å². The molecular weight excluding hydrogens is 291 g/mol. The third kappa shape index (κ3) is 4.20. The van der Waals surface area contributed by atoms with Crippen LogP contribution in [-0.4, -0.2) is 17.9 Å². The van der Waals surface area contributed by atoms with Crippen molar-refractivity contribution < 1.29 is 9.18 Å². The van der Waals surface area contributed by atoms with Crippen LogP contribution in [0.1, 0.15) is 11.1 Å². The highest BCUT2D eigenvalue weighted by Crippen LogP contribution is 2.20. The lowest BCUT2D eigenvalue weighted by Gasteiger charge is -2.18. The molecule has 0 aromatic heterocycles. The highest BCUT2D eigenvalue weighted by Gasteiger charge is 2.12. The number of nitrogens with zero attached hydrogens (tertiary/aromatic N) is 1. The maximum atomic E-state index is 12.8. The largest absolute Gasteiger partial charge is 0.399 e. The molecule has 0 bridgehead atoms. The van der Waals surface area contributed by atoms with Crippen molar-refractivity contribution in [1.29, 1.82) is 0 Å². The third-order valence-corrected chi connectivity index (χ3v) is 3.54. The van der Waals surface area contributed by atoms with Crippen LogP contribution in [0.4, 0.5) is 10.1 Å². The van der Waals surface area contributed by atoms with Gasteiger partial charge >= 0.3 is 0 Å². The normalized spacial score (nSPS) is 10.4. The Morgan fingerprint density at radius 2 is 1.90 bits per heavy atom. The molecule has 3 nitrogen and oxygen atoms in total. The van der Waals surface area contributed by atoms with E-state index in [1.54, 1.807) is 42.3 Å². The number of likely N-dealkylation sites (N-methyl/N-ethyl adjacent to an activating group) is 1. The predicted octanol–water partition coefficient (Wildman–Crippen LogP) is 3.26. The van der Waals surface area contributed by atoms with Gasteiger partial charge in [0.15, 0.2) is 0 Å². The predicted molar refractivity (Wildman–Crippen MR) is 82.4 cm³/mol. The molecule has 0 aliphatic heterocycles. The monoisotopic (exact) mass is 306 g/mol. The van der Waals surface area contributed by atoms with Gasteiger partial charge in [-0.05, 0) is 41.5 Å². The van der Waals surface area contributed by atoms with Crippen LogP contribution in [-0.2, 0) is 17.8 Å².